The third kappa shape index (κ3) is 5.50. The normalized spacial score (nSPS) is 14.6. The lowest BCUT2D eigenvalue weighted by atomic mass is 10.1. The first-order valence-corrected chi connectivity index (χ1v) is 3.24. The van der Waals surface area contributed by atoms with Crippen LogP contribution in [0.25, 0.3) is 0 Å². The van der Waals surface area contributed by atoms with Gasteiger partial charge in [0, 0.05) is 0 Å². The Morgan fingerprint density at radius 2 is 2.33 bits per heavy atom. The molecule has 0 aromatic rings. The molecular formula is C7H13FO. The van der Waals surface area contributed by atoms with Crippen molar-refractivity contribution in [3.63, 3.8) is 0 Å². The fourth-order valence-corrected chi connectivity index (χ4v) is 0.660. The van der Waals surface area contributed by atoms with Crippen LogP contribution in [0.1, 0.15) is 26.2 Å². The molecule has 0 aromatic heterocycles. The summed E-state index contributed by atoms with van der Waals surface area (Å²) in [6, 6.07) is 0. The maximum absolute atomic E-state index is 11.3. The van der Waals surface area contributed by atoms with Crippen molar-refractivity contribution in [1.29, 1.82) is 0 Å². The molecule has 0 amide bonds. The molecule has 0 aromatic carbocycles. The van der Waals surface area contributed by atoms with Crippen LogP contribution in [0.15, 0.2) is 12.4 Å². The van der Waals surface area contributed by atoms with Crippen LogP contribution in [-0.4, -0.2) is 11.2 Å². The van der Waals surface area contributed by atoms with Crippen LogP contribution in [0.5, 0.6) is 0 Å². The third-order valence-corrected chi connectivity index (χ3v) is 1.12. The predicted molar refractivity (Wildman–Crippen MR) is 35.8 cm³/mol. The summed E-state index contributed by atoms with van der Waals surface area (Å²) in [5.74, 6) is 0. The molecular weight excluding hydrogens is 119 g/mol. The number of aliphatic hydroxyl groups excluding tert-OH is 1. The second-order valence-electron chi connectivity index (χ2n) is 2.04. The van der Waals surface area contributed by atoms with Gasteiger partial charge >= 0.3 is 0 Å². The number of halogens is 1. The number of hydrogen-bond acceptors (Lipinski definition) is 1. The summed E-state index contributed by atoms with van der Waals surface area (Å²) in [7, 11) is 0. The van der Waals surface area contributed by atoms with Crippen LogP contribution in [0.3, 0.4) is 0 Å². The van der Waals surface area contributed by atoms with E-state index in [0.29, 0.717) is 12.8 Å². The van der Waals surface area contributed by atoms with Crippen LogP contribution in [0.2, 0.25) is 0 Å². The van der Waals surface area contributed by atoms with Crippen LogP contribution in [0, 0.1) is 0 Å². The summed E-state index contributed by atoms with van der Waals surface area (Å²) < 4.78 is 11.3. The first-order chi connectivity index (χ1) is 4.31. The van der Waals surface area contributed by atoms with E-state index in [2.05, 4.69) is 0 Å². The zero-order valence-corrected chi connectivity index (χ0v) is 5.68. The molecule has 9 heavy (non-hydrogen) atoms. The zero-order valence-electron chi connectivity index (χ0n) is 5.68. The highest BCUT2D eigenvalue weighted by atomic mass is 19.1. The molecule has 1 nitrogen and oxygen atoms in total. The van der Waals surface area contributed by atoms with Gasteiger partial charge in [-0.15, -0.1) is 0 Å². The molecule has 0 fully saturated rings. The van der Waals surface area contributed by atoms with Crippen molar-refractivity contribution in [3.8, 4) is 0 Å². The van der Waals surface area contributed by atoms with Crippen LogP contribution in [0.4, 0.5) is 4.39 Å². The summed E-state index contributed by atoms with van der Waals surface area (Å²) >= 11 is 0. The van der Waals surface area contributed by atoms with Gasteiger partial charge in [0.05, 0.1) is 12.4 Å². The summed E-state index contributed by atoms with van der Waals surface area (Å²) in [6.07, 6.45) is 3.58. The highest BCUT2D eigenvalue weighted by molar-refractivity contribution is 4.75. The van der Waals surface area contributed by atoms with Gasteiger partial charge in [-0.25, -0.2) is 4.39 Å². The Labute approximate surface area is 55.2 Å². The lowest BCUT2D eigenvalue weighted by Gasteiger charge is -2.02. The molecule has 0 saturated carbocycles. The molecule has 0 unspecified atom stereocenters. The van der Waals surface area contributed by atoms with Gasteiger partial charge in [0.2, 0.25) is 0 Å². The molecule has 2 heteroatoms. The summed E-state index contributed by atoms with van der Waals surface area (Å²) in [5, 5.41) is 8.96. The molecule has 0 spiro atoms. The summed E-state index contributed by atoms with van der Waals surface area (Å²) in [6.45, 7) is 1.99. The quantitative estimate of drug-likeness (QED) is 0.620. The number of hydrogen-bond donors (Lipinski definition) is 1. The fraction of sp³-hybridized carbons (Fsp3) is 0.714. The Bertz CT molecular complexity index is 81.0. The van der Waals surface area contributed by atoms with Crippen LogP contribution in [-0.2, 0) is 0 Å². The van der Waals surface area contributed by atoms with E-state index in [1.54, 1.807) is 0 Å². The van der Waals surface area contributed by atoms with Gasteiger partial charge in [-0.05, 0) is 12.8 Å². The van der Waals surface area contributed by atoms with Crippen molar-refractivity contribution in [2.75, 3.05) is 0 Å². The molecule has 0 rings (SSSR count). The number of aliphatic hydroxyl groups is 1. The molecule has 0 aliphatic rings. The summed E-state index contributed by atoms with van der Waals surface area (Å²) in [4.78, 5) is 0. The zero-order chi connectivity index (χ0) is 7.11. The van der Waals surface area contributed by atoms with E-state index in [1.165, 1.54) is 6.08 Å². The van der Waals surface area contributed by atoms with Crippen molar-refractivity contribution >= 4 is 0 Å². The Morgan fingerprint density at radius 1 is 1.67 bits per heavy atom. The average Bonchev–Trinajstić information content (AvgIpc) is 1.85. The monoisotopic (exact) mass is 132 g/mol. The fourth-order valence-electron chi connectivity index (χ4n) is 0.660. The molecule has 54 valence electrons. The molecule has 0 heterocycles. The van der Waals surface area contributed by atoms with Gasteiger partial charge in [0.15, 0.2) is 0 Å². The van der Waals surface area contributed by atoms with E-state index < -0.39 is 0 Å². The first kappa shape index (κ1) is 8.63. The van der Waals surface area contributed by atoms with E-state index in [0.717, 1.165) is 12.8 Å². The predicted octanol–water partition coefficient (Wildman–Crippen LogP) is 2.02. The van der Waals surface area contributed by atoms with Gasteiger partial charge in [0.1, 0.15) is 0 Å². The largest absolute Gasteiger partial charge is 0.393 e. The Hall–Kier alpha value is -0.370. The van der Waals surface area contributed by atoms with Crippen molar-refractivity contribution in [3.05, 3.63) is 12.4 Å². The third-order valence-electron chi connectivity index (χ3n) is 1.12. The summed E-state index contributed by atoms with van der Waals surface area (Å²) in [5.41, 5.74) is 0. The standard InChI is InChI=1S/C7H13FO/c1-2-4-7(9)5-3-6-8/h3,6-7,9H,2,4-5H2,1H3/b6-3-/t7-/m1/s1. The molecule has 0 radical (unpaired) electrons. The molecule has 0 saturated heterocycles. The van der Waals surface area contributed by atoms with Crippen molar-refractivity contribution in [2.24, 2.45) is 0 Å². The van der Waals surface area contributed by atoms with E-state index in [4.69, 9.17) is 5.11 Å². The van der Waals surface area contributed by atoms with E-state index in [9.17, 15) is 4.39 Å². The second-order valence-corrected chi connectivity index (χ2v) is 2.04. The number of rotatable bonds is 4. The van der Waals surface area contributed by atoms with Gasteiger partial charge in [0.25, 0.3) is 0 Å². The van der Waals surface area contributed by atoms with E-state index in [-0.39, 0.29) is 6.10 Å². The molecule has 0 bridgehead atoms. The second kappa shape index (κ2) is 5.76. The van der Waals surface area contributed by atoms with Gasteiger partial charge in [-0.3, -0.25) is 0 Å². The van der Waals surface area contributed by atoms with Crippen molar-refractivity contribution in [2.45, 2.75) is 32.3 Å². The first-order valence-electron chi connectivity index (χ1n) is 3.24. The van der Waals surface area contributed by atoms with Gasteiger partial charge in [-0.1, -0.05) is 19.4 Å². The maximum Gasteiger partial charge on any atom is 0.0828 e. The van der Waals surface area contributed by atoms with Crippen LogP contribution < -0.4 is 0 Å². The van der Waals surface area contributed by atoms with Gasteiger partial charge in [-0.2, -0.15) is 0 Å². The topological polar surface area (TPSA) is 20.2 Å². The molecule has 0 aliphatic carbocycles. The maximum atomic E-state index is 11.3. The minimum Gasteiger partial charge on any atom is -0.393 e. The Balaban J connectivity index is 3.15. The minimum absolute atomic E-state index is 0.359. The van der Waals surface area contributed by atoms with Gasteiger partial charge < -0.3 is 5.11 Å². The van der Waals surface area contributed by atoms with Crippen molar-refractivity contribution < 1.29 is 9.50 Å². The van der Waals surface area contributed by atoms with E-state index >= 15 is 0 Å². The average molecular weight is 132 g/mol. The highest BCUT2D eigenvalue weighted by Gasteiger charge is 1.97. The van der Waals surface area contributed by atoms with Crippen LogP contribution >= 0.6 is 0 Å². The highest BCUT2D eigenvalue weighted by Crippen LogP contribution is 2.01. The lowest BCUT2D eigenvalue weighted by molar-refractivity contribution is 0.166. The van der Waals surface area contributed by atoms with Crippen molar-refractivity contribution in [1.82, 2.24) is 0 Å². The molecule has 0 aliphatic heterocycles. The smallest absolute Gasteiger partial charge is 0.0828 e. The Morgan fingerprint density at radius 3 is 2.78 bits per heavy atom. The SMILES string of the molecule is CCC[C@@H](O)C/C=C\F. The minimum atomic E-state index is -0.359. The molecule has 1 N–H and O–H groups in total. The Kier molecular flexibility index (Phi) is 5.52. The molecule has 1 atom stereocenters. The lowest BCUT2D eigenvalue weighted by Crippen LogP contribution is -2.02. The van der Waals surface area contributed by atoms with E-state index in [1.807, 2.05) is 6.92 Å².